The summed E-state index contributed by atoms with van der Waals surface area (Å²) in [5.74, 6) is 0.597. The number of thiazole rings is 1. The lowest BCUT2D eigenvalue weighted by molar-refractivity contribution is 0.0951. The van der Waals surface area contributed by atoms with Crippen LogP contribution >= 0.6 is 23.1 Å². The van der Waals surface area contributed by atoms with Crippen molar-refractivity contribution in [1.29, 1.82) is 0 Å². The van der Waals surface area contributed by atoms with Crippen LogP contribution < -0.4 is 5.32 Å². The van der Waals surface area contributed by atoms with Gasteiger partial charge in [0, 0.05) is 10.4 Å². The first-order valence-corrected chi connectivity index (χ1v) is 8.76. The Morgan fingerprint density at radius 3 is 2.96 bits per heavy atom. The summed E-state index contributed by atoms with van der Waals surface area (Å²) in [5, 5.41) is 3.74. The molecule has 1 aromatic carbocycles. The lowest BCUT2D eigenvalue weighted by atomic mass is 10.2. The molecule has 0 unspecified atom stereocenters. The molecule has 1 N–H and O–H groups in total. The van der Waals surface area contributed by atoms with E-state index in [0.29, 0.717) is 12.1 Å². The Bertz CT molecular complexity index is 1000. The Kier molecular flexibility index (Phi) is 3.83. The van der Waals surface area contributed by atoms with Crippen LogP contribution in [0.3, 0.4) is 0 Å². The van der Waals surface area contributed by atoms with Crippen LogP contribution in [0.4, 0.5) is 0 Å². The molecule has 4 rings (SSSR count). The maximum absolute atomic E-state index is 12.3. The van der Waals surface area contributed by atoms with Crippen molar-refractivity contribution in [2.75, 3.05) is 0 Å². The van der Waals surface area contributed by atoms with Crippen molar-refractivity contribution in [3.05, 3.63) is 52.7 Å². The van der Waals surface area contributed by atoms with Crippen LogP contribution in [-0.2, 0) is 6.54 Å². The number of carbonyl (C=O) groups is 1. The molecule has 3 heterocycles. The number of nitrogens with zero attached hydrogens (tertiary/aromatic N) is 3. The van der Waals surface area contributed by atoms with E-state index < -0.39 is 0 Å². The minimum atomic E-state index is -0.141. The van der Waals surface area contributed by atoms with Crippen molar-refractivity contribution in [2.45, 2.75) is 13.5 Å². The van der Waals surface area contributed by atoms with E-state index in [4.69, 9.17) is 4.42 Å². The summed E-state index contributed by atoms with van der Waals surface area (Å²) in [6.45, 7) is 2.35. The summed E-state index contributed by atoms with van der Waals surface area (Å²) in [7, 11) is 0. The van der Waals surface area contributed by atoms with Gasteiger partial charge >= 0.3 is 0 Å². The van der Waals surface area contributed by atoms with Crippen molar-refractivity contribution >= 4 is 40.0 Å². The molecular formula is C16H12N4O2S2. The van der Waals surface area contributed by atoms with Gasteiger partial charge in [0.2, 0.25) is 0 Å². The fraction of sp³-hybridized carbons (Fsp3) is 0.125. The quantitative estimate of drug-likeness (QED) is 0.604. The van der Waals surface area contributed by atoms with Crippen LogP contribution in [0.25, 0.3) is 21.8 Å². The minimum Gasteiger partial charge on any atom is -0.462 e. The van der Waals surface area contributed by atoms with E-state index in [1.54, 1.807) is 24.5 Å². The van der Waals surface area contributed by atoms with Gasteiger partial charge in [0.25, 0.3) is 5.91 Å². The average Bonchev–Trinajstić information content (AvgIpc) is 3.32. The van der Waals surface area contributed by atoms with E-state index in [-0.39, 0.29) is 5.91 Å². The van der Waals surface area contributed by atoms with E-state index >= 15 is 0 Å². The van der Waals surface area contributed by atoms with E-state index in [9.17, 15) is 4.79 Å². The predicted octanol–water partition coefficient (Wildman–Crippen LogP) is 3.65. The first kappa shape index (κ1) is 15.0. The number of rotatable bonds is 4. The normalized spacial score (nSPS) is 11.0. The summed E-state index contributed by atoms with van der Waals surface area (Å²) >= 11 is 2.66. The van der Waals surface area contributed by atoms with Gasteiger partial charge < -0.3 is 9.73 Å². The molecule has 0 aliphatic heterocycles. The maximum Gasteiger partial charge on any atom is 0.251 e. The van der Waals surface area contributed by atoms with Gasteiger partial charge in [-0.1, -0.05) is 0 Å². The third kappa shape index (κ3) is 2.81. The molecule has 0 saturated heterocycles. The molecule has 3 aromatic heterocycles. The number of furan rings is 1. The topological polar surface area (TPSA) is 80.9 Å². The monoisotopic (exact) mass is 356 g/mol. The highest BCUT2D eigenvalue weighted by atomic mass is 32.1. The Morgan fingerprint density at radius 1 is 1.25 bits per heavy atom. The van der Waals surface area contributed by atoms with Crippen LogP contribution in [0.2, 0.25) is 0 Å². The number of nitrogens with one attached hydrogen (secondary N) is 1. The molecule has 0 aliphatic carbocycles. The van der Waals surface area contributed by atoms with Gasteiger partial charge in [-0.15, -0.1) is 11.3 Å². The van der Waals surface area contributed by atoms with Crippen molar-refractivity contribution in [3.8, 4) is 10.8 Å². The largest absolute Gasteiger partial charge is 0.462 e. The zero-order chi connectivity index (χ0) is 16.5. The van der Waals surface area contributed by atoms with Crippen molar-refractivity contribution in [2.24, 2.45) is 0 Å². The number of benzene rings is 1. The van der Waals surface area contributed by atoms with Crippen LogP contribution in [-0.4, -0.2) is 19.6 Å². The molecule has 8 heteroatoms. The molecule has 0 fully saturated rings. The summed E-state index contributed by atoms with van der Waals surface area (Å²) < 4.78 is 13.7. The van der Waals surface area contributed by atoms with Gasteiger partial charge in [0.1, 0.15) is 11.0 Å². The van der Waals surface area contributed by atoms with E-state index in [2.05, 4.69) is 19.0 Å². The van der Waals surface area contributed by atoms with E-state index in [1.165, 1.54) is 11.3 Å². The molecule has 0 saturated carbocycles. The highest BCUT2D eigenvalue weighted by molar-refractivity contribution is 7.15. The van der Waals surface area contributed by atoms with Crippen LogP contribution in [0.5, 0.6) is 0 Å². The molecule has 0 aliphatic rings. The van der Waals surface area contributed by atoms with Crippen molar-refractivity contribution in [3.63, 3.8) is 0 Å². The van der Waals surface area contributed by atoms with Gasteiger partial charge in [0.15, 0.2) is 10.8 Å². The van der Waals surface area contributed by atoms with Gasteiger partial charge in [0.05, 0.1) is 30.2 Å². The number of carbonyl (C=O) groups excluding carboxylic acids is 1. The Balaban J connectivity index is 1.49. The van der Waals surface area contributed by atoms with Gasteiger partial charge in [-0.3, -0.25) is 4.79 Å². The van der Waals surface area contributed by atoms with Gasteiger partial charge in [-0.25, -0.2) is 4.98 Å². The number of aryl methyl sites for hydroxylation is 1. The second kappa shape index (κ2) is 6.14. The fourth-order valence-corrected chi connectivity index (χ4v) is 3.77. The highest BCUT2D eigenvalue weighted by Crippen LogP contribution is 2.28. The summed E-state index contributed by atoms with van der Waals surface area (Å²) in [5.41, 5.74) is 3.01. The smallest absolute Gasteiger partial charge is 0.251 e. The number of amides is 1. The Hall–Kier alpha value is -2.58. The second-order valence-electron chi connectivity index (χ2n) is 5.16. The molecule has 120 valence electrons. The number of aromatic nitrogens is 3. The Labute approximate surface area is 145 Å². The third-order valence-electron chi connectivity index (χ3n) is 3.55. The molecule has 0 atom stereocenters. The highest BCUT2D eigenvalue weighted by Gasteiger charge is 2.13. The van der Waals surface area contributed by atoms with E-state index in [0.717, 1.165) is 44.1 Å². The summed E-state index contributed by atoms with van der Waals surface area (Å²) in [6, 6.07) is 9.02. The standard InChI is InChI=1S/C16H12N4O2S2/c1-9-14(23-16(18-9)13-3-2-6-22-13)8-17-15(21)10-4-5-11-12(7-10)20-24-19-11/h2-7H,8H2,1H3,(H,17,21). The van der Waals surface area contributed by atoms with Crippen molar-refractivity contribution < 1.29 is 9.21 Å². The predicted molar refractivity (Wildman–Crippen MR) is 93.1 cm³/mol. The van der Waals surface area contributed by atoms with Crippen LogP contribution in [0, 0.1) is 6.92 Å². The molecule has 0 bridgehead atoms. The van der Waals surface area contributed by atoms with Crippen LogP contribution in [0.15, 0.2) is 41.0 Å². The number of hydrogen-bond donors (Lipinski definition) is 1. The second-order valence-corrected chi connectivity index (χ2v) is 6.77. The Morgan fingerprint density at radius 2 is 2.12 bits per heavy atom. The lowest BCUT2D eigenvalue weighted by Crippen LogP contribution is -2.22. The number of fused-ring (bicyclic) bond motifs is 1. The zero-order valence-electron chi connectivity index (χ0n) is 12.6. The molecule has 0 radical (unpaired) electrons. The lowest BCUT2D eigenvalue weighted by Gasteiger charge is -2.04. The number of hydrogen-bond acceptors (Lipinski definition) is 7. The fourth-order valence-electron chi connectivity index (χ4n) is 2.28. The molecular weight excluding hydrogens is 344 g/mol. The average molecular weight is 356 g/mol. The SMILES string of the molecule is Cc1nc(-c2ccco2)sc1CNC(=O)c1ccc2nsnc2c1. The summed E-state index contributed by atoms with van der Waals surface area (Å²) in [4.78, 5) is 17.8. The zero-order valence-corrected chi connectivity index (χ0v) is 14.3. The van der Waals surface area contributed by atoms with Crippen LogP contribution in [0.1, 0.15) is 20.9 Å². The third-order valence-corrected chi connectivity index (χ3v) is 5.28. The maximum atomic E-state index is 12.3. The molecule has 4 aromatic rings. The van der Waals surface area contributed by atoms with Gasteiger partial charge in [-0.05, 0) is 37.3 Å². The first-order chi connectivity index (χ1) is 11.7. The molecule has 0 spiro atoms. The minimum absolute atomic E-state index is 0.141. The van der Waals surface area contributed by atoms with E-state index in [1.807, 2.05) is 19.1 Å². The van der Waals surface area contributed by atoms with Gasteiger partial charge in [-0.2, -0.15) is 8.75 Å². The molecule has 1 amide bonds. The van der Waals surface area contributed by atoms with Crippen molar-refractivity contribution in [1.82, 2.24) is 19.0 Å². The first-order valence-electron chi connectivity index (χ1n) is 7.21. The molecule has 6 nitrogen and oxygen atoms in total. The molecule has 24 heavy (non-hydrogen) atoms. The summed E-state index contributed by atoms with van der Waals surface area (Å²) in [6.07, 6.45) is 1.62.